The summed E-state index contributed by atoms with van der Waals surface area (Å²) in [6.07, 6.45) is 0. The lowest BCUT2D eigenvalue weighted by Gasteiger charge is -2.20. The molecule has 0 amide bonds. The van der Waals surface area contributed by atoms with Gasteiger partial charge in [0.15, 0.2) is 22.1 Å². The van der Waals surface area contributed by atoms with Gasteiger partial charge in [-0.2, -0.15) is 0 Å². The highest BCUT2D eigenvalue weighted by molar-refractivity contribution is 5.98. The van der Waals surface area contributed by atoms with Gasteiger partial charge in [-0.3, -0.25) is 0 Å². The zero-order valence-electron chi connectivity index (χ0n) is 6.79. The van der Waals surface area contributed by atoms with Crippen molar-refractivity contribution in [2.24, 2.45) is 0 Å². The molecule has 0 aliphatic heterocycles. The minimum Gasteiger partial charge on any atom is -0.377 e. The molecule has 6 heteroatoms. The van der Waals surface area contributed by atoms with Gasteiger partial charge in [-0.05, 0) is 18.2 Å². The summed E-state index contributed by atoms with van der Waals surface area (Å²) < 4.78 is 29.4. The molecule has 0 atom stereocenters. The lowest BCUT2D eigenvalue weighted by atomic mass is 10.2. The molecule has 0 aliphatic carbocycles. The van der Waals surface area contributed by atoms with Crippen LogP contribution in [0.5, 0.6) is 0 Å². The van der Waals surface area contributed by atoms with Crippen molar-refractivity contribution in [2.75, 3.05) is 0 Å². The normalized spacial score (nSPS) is 12.0. The second-order valence-corrected chi connectivity index (χ2v) is 2.85. The van der Waals surface area contributed by atoms with Crippen molar-refractivity contribution in [2.45, 2.75) is 5.97 Å². The molecular weight excluding hydrogens is 198 g/mol. The summed E-state index contributed by atoms with van der Waals surface area (Å²) in [5, 5.41) is 18.2. The SMILES string of the molecule is OC(O)(O[SiH3])c1ccc(F)c(F)c1. The van der Waals surface area contributed by atoms with Crippen LogP contribution >= 0.6 is 0 Å². The van der Waals surface area contributed by atoms with Gasteiger partial charge in [0.25, 0.3) is 5.97 Å². The Labute approximate surface area is 76.1 Å². The molecule has 0 saturated carbocycles. The third-order valence-electron chi connectivity index (χ3n) is 1.58. The van der Waals surface area contributed by atoms with E-state index in [2.05, 4.69) is 4.43 Å². The first-order valence-electron chi connectivity index (χ1n) is 3.43. The van der Waals surface area contributed by atoms with E-state index in [1.54, 1.807) is 0 Å². The Morgan fingerprint density at radius 1 is 1.23 bits per heavy atom. The number of rotatable bonds is 2. The molecule has 0 spiro atoms. The summed E-state index contributed by atoms with van der Waals surface area (Å²) in [5.74, 6) is -4.72. The van der Waals surface area contributed by atoms with Gasteiger partial charge >= 0.3 is 0 Å². The number of benzene rings is 1. The van der Waals surface area contributed by atoms with Crippen LogP contribution in [-0.4, -0.2) is 20.7 Å². The van der Waals surface area contributed by atoms with E-state index in [9.17, 15) is 8.78 Å². The van der Waals surface area contributed by atoms with E-state index in [0.717, 1.165) is 12.1 Å². The van der Waals surface area contributed by atoms with Crippen molar-refractivity contribution in [3.05, 3.63) is 35.4 Å². The largest absolute Gasteiger partial charge is 0.377 e. The van der Waals surface area contributed by atoms with Crippen molar-refractivity contribution < 1.29 is 23.4 Å². The second kappa shape index (κ2) is 3.50. The third-order valence-corrected chi connectivity index (χ3v) is 2.15. The monoisotopic (exact) mass is 206 g/mol. The third kappa shape index (κ3) is 2.10. The van der Waals surface area contributed by atoms with E-state index in [1.165, 1.54) is 0 Å². The van der Waals surface area contributed by atoms with Crippen LogP contribution in [0, 0.1) is 11.6 Å². The summed E-state index contributed by atoms with van der Waals surface area (Å²) in [7, 11) is 0.0620. The van der Waals surface area contributed by atoms with Gasteiger partial charge in [0.05, 0.1) is 0 Å². The Balaban J connectivity index is 3.10. The smallest absolute Gasteiger partial charge is 0.296 e. The van der Waals surface area contributed by atoms with E-state index >= 15 is 0 Å². The first-order valence-corrected chi connectivity index (χ1v) is 4.24. The summed E-state index contributed by atoms with van der Waals surface area (Å²) in [4.78, 5) is 0. The molecule has 0 radical (unpaired) electrons. The predicted octanol–water partition coefficient (Wildman–Crippen LogP) is -0.643. The molecule has 13 heavy (non-hydrogen) atoms. The van der Waals surface area contributed by atoms with Crippen molar-refractivity contribution in [1.82, 2.24) is 0 Å². The molecule has 1 rings (SSSR count). The zero-order valence-corrected chi connectivity index (χ0v) is 8.79. The summed E-state index contributed by atoms with van der Waals surface area (Å²) in [6, 6.07) is 2.51. The first kappa shape index (κ1) is 10.3. The average molecular weight is 206 g/mol. The van der Waals surface area contributed by atoms with Gasteiger partial charge in [0, 0.05) is 5.56 Å². The number of hydrogen-bond donors (Lipinski definition) is 2. The van der Waals surface area contributed by atoms with Crippen molar-refractivity contribution in [1.29, 1.82) is 0 Å². The molecule has 1 aromatic rings. The fourth-order valence-electron chi connectivity index (χ4n) is 0.817. The van der Waals surface area contributed by atoms with E-state index < -0.39 is 17.6 Å². The van der Waals surface area contributed by atoms with Crippen LogP contribution in [0.15, 0.2) is 18.2 Å². The van der Waals surface area contributed by atoms with Crippen LogP contribution < -0.4 is 0 Å². The molecule has 0 aliphatic rings. The lowest BCUT2D eigenvalue weighted by Crippen LogP contribution is -2.27. The fraction of sp³-hybridized carbons (Fsp3) is 0.143. The van der Waals surface area contributed by atoms with Crippen LogP contribution in [0.3, 0.4) is 0 Å². The van der Waals surface area contributed by atoms with Crippen LogP contribution in [0.25, 0.3) is 0 Å². The maximum Gasteiger partial charge on any atom is 0.296 e. The van der Waals surface area contributed by atoms with Gasteiger partial charge < -0.3 is 14.6 Å². The minimum atomic E-state index is -2.53. The van der Waals surface area contributed by atoms with Gasteiger partial charge in [0.1, 0.15) is 0 Å². The first-order chi connectivity index (χ1) is 5.97. The summed E-state index contributed by atoms with van der Waals surface area (Å²) >= 11 is 0. The van der Waals surface area contributed by atoms with Crippen LogP contribution in [0.1, 0.15) is 5.56 Å². The standard InChI is InChI=1S/C7H8F2O3Si/c8-5-2-1-4(3-6(5)9)7(10,11)12-13/h1-3,10-11H,13H3. The molecule has 72 valence electrons. The molecule has 0 saturated heterocycles. The van der Waals surface area contributed by atoms with Gasteiger partial charge in [-0.25, -0.2) is 8.78 Å². The number of aliphatic hydroxyl groups is 2. The molecule has 0 unspecified atom stereocenters. The summed E-state index contributed by atoms with van der Waals surface area (Å²) in [5.41, 5.74) is -0.235. The van der Waals surface area contributed by atoms with E-state index in [0.29, 0.717) is 6.07 Å². The average Bonchev–Trinajstić information content (AvgIpc) is 2.09. The molecule has 1 aromatic carbocycles. The Morgan fingerprint density at radius 2 is 1.85 bits per heavy atom. The molecule has 0 heterocycles. The van der Waals surface area contributed by atoms with Gasteiger partial charge in [-0.15, -0.1) is 0 Å². The van der Waals surface area contributed by atoms with Crippen molar-refractivity contribution in [3.8, 4) is 0 Å². The van der Waals surface area contributed by atoms with Crippen molar-refractivity contribution in [3.63, 3.8) is 0 Å². The molecule has 0 aromatic heterocycles. The van der Waals surface area contributed by atoms with E-state index in [4.69, 9.17) is 10.2 Å². The van der Waals surface area contributed by atoms with Crippen LogP contribution in [0.4, 0.5) is 8.78 Å². The molecule has 0 fully saturated rings. The second-order valence-electron chi connectivity index (χ2n) is 2.44. The molecular formula is C7H8F2O3Si. The highest BCUT2D eigenvalue weighted by Crippen LogP contribution is 2.20. The quantitative estimate of drug-likeness (QED) is 0.500. The highest BCUT2D eigenvalue weighted by atomic mass is 28.2. The lowest BCUT2D eigenvalue weighted by molar-refractivity contribution is -0.303. The van der Waals surface area contributed by atoms with Crippen molar-refractivity contribution >= 4 is 10.5 Å². The van der Waals surface area contributed by atoms with E-state index in [-0.39, 0.29) is 16.0 Å². The maximum absolute atomic E-state index is 12.6. The summed E-state index contributed by atoms with van der Waals surface area (Å²) in [6.45, 7) is 0. The minimum absolute atomic E-state index is 0.0620. The fourth-order valence-corrected chi connectivity index (χ4v) is 1.05. The van der Waals surface area contributed by atoms with Gasteiger partial charge in [-0.1, -0.05) is 0 Å². The number of hydrogen-bond acceptors (Lipinski definition) is 3. The van der Waals surface area contributed by atoms with Crippen LogP contribution in [-0.2, 0) is 10.4 Å². The molecule has 0 bridgehead atoms. The van der Waals surface area contributed by atoms with E-state index in [1.807, 2.05) is 0 Å². The maximum atomic E-state index is 12.6. The Hall–Kier alpha value is -0.823. The Morgan fingerprint density at radius 3 is 2.31 bits per heavy atom. The predicted molar refractivity (Wildman–Crippen MR) is 43.5 cm³/mol. The molecule has 2 N–H and O–H groups in total. The number of halogens is 2. The Kier molecular flexibility index (Phi) is 2.76. The topological polar surface area (TPSA) is 49.7 Å². The highest BCUT2D eigenvalue weighted by Gasteiger charge is 2.25. The zero-order chi connectivity index (χ0) is 10.1. The van der Waals surface area contributed by atoms with Gasteiger partial charge in [0.2, 0.25) is 0 Å². The molecule has 3 nitrogen and oxygen atoms in total. The van der Waals surface area contributed by atoms with Crippen LogP contribution in [0.2, 0.25) is 0 Å². The Bertz CT molecular complexity index is 317.